The monoisotopic (exact) mass is 277 g/mol. The van der Waals surface area contributed by atoms with Crippen molar-refractivity contribution in [1.82, 2.24) is 15.5 Å². The van der Waals surface area contributed by atoms with Gasteiger partial charge < -0.3 is 19.7 Å². The van der Waals surface area contributed by atoms with Gasteiger partial charge in [0, 0.05) is 24.6 Å². The summed E-state index contributed by atoms with van der Waals surface area (Å²) in [5.41, 5.74) is 0.742. The molecular weight excluding hydrogens is 258 g/mol. The molecule has 1 aromatic carbocycles. The molecule has 2 rings (SSSR count). The highest BCUT2D eigenvalue weighted by Gasteiger charge is 2.11. The third-order valence-corrected chi connectivity index (χ3v) is 2.80. The number of aromatic hydroxyl groups is 1. The Hall–Kier alpha value is -2.08. The van der Waals surface area contributed by atoms with Crippen molar-refractivity contribution in [3.8, 4) is 22.9 Å². The van der Waals surface area contributed by atoms with Crippen LogP contribution >= 0.6 is 0 Å². The Balaban J connectivity index is 2.08. The average molecular weight is 277 g/mol. The maximum atomic E-state index is 9.56. The molecule has 2 N–H and O–H groups in total. The van der Waals surface area contributed by atoms with Crippen LogP contribution < -0.4 is 10.1 Å². The standard InChI is InChI=1S/C14H19N3O3/c1-9(2)15-7-6-13-16-14(17-20-13)10-4-5-11(18)12(8-10)19-3/h4-5,8-9,15,18H,6-7H2,1-3H3. The number of rotatable bonds is 6. The third-order valence-electron chi connectivity index (χ3n) is 2.80. The number of ether oxygens (including phenoxy) is 1. The van der Waals surface area contributed by atoms with Crippen molar-refractivity contribution in [3.05, 3.63) is 24.1 Å². The summed E-state index contributed by atoms with van der Waals surface area (Å²) in [6.45, 7) is 4.96. The normalized spacial score (nSPS) is 11.0. The fraction of sp³-hybridized carbons (Fsp3) is 0.429. The average Bonchev–Trinajstić information content (AvgIpc) is 2.87. The first-order chi connectivity index (χ1) is 9.60. The summed E-state index contributed by atoms with van der Waals surface area (Å²) in [6, 6.07) is 5.37. The van der Waals surface area contributed by atoms with Gasteiger partial charge in [-0.25, -0.2) is 0 Å². The minimum Gasteiger partial charge on any atom is -0.504 e. The van der Waals surface area contributed by atoms with E-state index in [0.29, 0.717) is 29.9 Å². The Labute approximate surface area is 117 Å². The molecule has 0 amide bonds. The van der Waals surface area contributed by atoms with E-state index in [9.17, 15) is 5.11 Å². The summed E-state index contributed by atoms with van der Waals surface area (Å²) in [5.74, 6) is 1.54. The predicted octanol–water partition coefficient (Wildman–Crippen LogP) is 1.99. The van der Waals surface area contributed by atoms with Crippen LogP contribution in [0.2, 0.25) is 0 Å². The third kappa shape index (κ3) is 3.48. The van der Waals surface area contributed by atoms with E-state index in [1.54, 1.807) is 18.2 Å². The molecule has 108 valence electrons. The fourth-order valence-corrected chi connectivity index (χ4v) is 1.76. The number of hydrogen-bond acceptors (Lipinski definition) is 6. The van der Waals surface area contributed by atoms with Crippen LogP contribution in [0.4, 0.5) is 0 Å². The van der Waals surface area contributed by atoms with Crippen molar-refractivity contribution in [3.63, 3.8) is 0 Å². The highest BCUT2D eigenvalue weighted by Crippen LogP contribution is 2.30. The number of phenols is 1. The fourth-order valence-electron chi connectivity index (χ4n) is 1.76. The van der Waals surface area contributed by atoms with Gasteiger partial charge in [0.2, 0.25) is 11.7 Å². The first kappa shape index (κ1) is 14.3. The zero-order valence-corrected chi connectivity index (χ0v) is 11.9. The van der Waals surface area contributed by atoms with E-state index in [0.717, 1.165) is 12.1 Å². The van der Waals surface area contributed by atoms with E-state index in [-0.39, 0.29) is 5.75 Å². The number of phenolic OH excluding ortho intramolecular Hbond substituents is 1. The van der Waals surface area contributed by atoms with Crippen molar-refractivity contribution in [1.29, 1.82) is 0 Å². The Bertz CT molecular complexity index is 567. The van der Waals surface area contributed by atoms with Gasteiger partial charge in [-0.1, -0.05) is 19.0 Å². The molecule has 1 aromatic heterocycles. The van der Waals surface area contributed by atoms with Crippen LogP contribution in [-0.4, -0.2) is 34.9 Å². The van der Waals surface area contributed by atoms with Gasteiger partial charge in [0.1, 0.15) is 0 Å². The molecule has 0 unspecified atom stereocenters. The number of nitrogens with one attached hydrogen (secondary N) is 1. The minimum atomic E-state index is 0.0844. The zero-order valence-electron chi connectivity index (χ0n) is 11.9. The van der Waals surface area contributed by atoms with Gasteiger partial charge in [-0.3, -0.25) is 0 Å². The molecule has 0 aliphatic carbocycles. The number of benzene rings is 1. The molecule has 0 spiro atoms. The second-order valence-corrected chi connectivity index (χ2v) is 4.76. The lowest BCUT2D eigenvalue weighted by molar-refractivity contribution is 0.372. The Morgan fingerprint density at radius 3 is 2.90 bits per heavy atom. The highest BCUT2D eigenvalue weighted by molar-refractivity contribution is 5.60. The first-order valence-electron chi connectivity index (χ1n) is 6.53. The molecule has 2 aromatic rings. The topological polar surface area (TPSA) is 80.4 Å². The second-order valence-electron chi connectivity index (χ2n) is 4.76. The van der Waals surface area contributed by atoms with Gasteiger partial charge in [-0.2, -0.15) is 4.98 Å². The lowest BCUT2D eigenvalue weighted by Crippen LogP contribution is -2.25. The minimum absolute atomic E-state index is 0.0844. The smallest absolute Gasteiger partial charge is 0.228 e. The van der Waals surface area contributed by atoms with E-state index >= 15 is 0 Å². The van der Waals surface area contributed by atoms with E-state index in [4.69, 9.17) is 9.26 Å². The Kier molecular flexibility index (Phi) is 4.57. The number of nitrogens with zero attached hydrogens (tertiary/aromatic N) is 2. The molecule has 0 atom stereocenters. The van der Waals surface area contributed by atoms with Crippen molar-refractivity contribution in [2.24, 2.45) is 0 Å². The lowest BCUT2D eigenvalue weighted by atomic mass is 10.2. The maximum absolute atomic E-state index is 9.56. The molecule has 0 fully saturated rings. The molecule has 0 radical (unpaired) electrons. The van der Waals surface area contributed by atoms with Gasteiger partial charge in [0.05, 0.1) is 7.11 Å². The van der Waals surface area contributed by atoms with Gasteiger partial charge in [0.15, 0.2) is 11.5 Å². The molecule has 6 nitrogen and oxygen atoms in total. The molecular formula is C14H19N3O3. The summed E-state index contributed by atoms with van der Waals surface area (Å²) in [7, 11) is 1.50. The van der Waals surface area contributed by atoms with Crippen LogP contribution in [0.1, 0.15) is 19.7 Å². The largest absolute Gasteiger partial charge is 0.504 e. The quantitative estimate of drug-likeness (QED) is 0.840. The van der Waals surface area contributed by atoms with Crippen LogP contribution in [0, 0.1) is 0 Å². The predicted molar refractivity (Wildman–Crippen MR) is 74.8 cm³/mol. The van der Waals surface area contributed by atoms with Crippen molar-refractivity contribution < 1.29 is 14.4 Å². The Morgan fingerprint density at radius 1 is 1.40 bits per heavy atom. The van der Waals surface area contributed by atoms with Gasteiger partial charge >= 0.3 is 0 Å². The van der Waals surface area contributed by atoms with Gasteiger partial charge in [0.25, 0.3) is 0 Å². The summed E-state index contributed by atoms with van der Waals surface area (Å²) >= 11 is 0. The van der Waals surface area contributed by atoms with E-state index in [1.807, 2.05) is 0 Å². The zero-order chi connectivity index (χ0) is 14.5. The second kappa shape index (κ2) is 6.38. The SMILES string of the molecule is COc1cc(-c2noc(CCNC(C)C)n2)ccc1O. The molecule has 0 saturated carbocycles. The first-order valence-corrected chi connectivity index (χ1v) is 6.53. The lowest BCUT2D eigenvalue weighted by Gasteiger charge is -2.04. The summed E-state index contributed by atoms with van der Waals surface area (Å²) in [5, 5.41) is 16.8. The van der Waals surface area contributed by atoms with Crippen LogP contribution in [-0.2, 0) is 6.42 Å². The van der Waals surface area contributed by atoms with Crippen molar-refractivity contribution >= 4 is 0 Å². The molecule has 0 aliphatic rings. The van der Waals surface area contributed by atoms with Crippen LogP contribution in [0.15, 0.2) is 22.7 Å². The maximum Gasteiger partial charge on any atom is 0.228 e. The van der Waals surface area contributed by atoms with Crippen LogP contribution in [0.3, 0.4) is 0 Å². The molecule has 6 heteroatoms. The molecule has 0 bridgehead atoms. The number of aromatic nitrogens is 2. The van der Waals surface area contributed by atoms with E-state index in [2.05, 4.69) is 29.3 Å². The number of methoxy groups -OCH3 is 1. The van der Waals surface area contributed by atoms with E-state index < -0.39 is 0 Å². The van der Waals surface area contributed by atoms with Crippen LogP contribution in [0.5, 0.6) is 11.5 Å². The summed E-state index contributed by atoms with van der Waals surface area (Å²) in [4.78, 5) is 4.33. The van der Waals surface area contributed by atoms with Gasteiger partial charge in [-0.05, 0) is 18.2 Å². The Morgan fingerprint density at radius 2 is 2.20 bits per heavy atom. The summed E-state index contributed by atoms with van der Waals surface area (Å²) < 4.78 is 10.3. The summed E-state index contributed by atoms with van der Waals surface area (Å²) in [6.07, 6.45) is 0.681. The highest BCUT2D eigenvalue weighted by atomic mass is 16.5. The van der Waals surface area contributed by atoms with Crippen molar-refractivity contribution in [2.45, 2.75) is 26.3 Å². The molecule has 20 heavy (non-hydrogen) atoms. The van der Waals surface area contributed by atoms with Gasteiger partial charge in [-0.15, -0.1) is 0 Å². The van der Waals surface area contributed by atoms with E-state index in [1.165, 1.54) is 7.11 Å². The molecule has 1 heterocycles. The van der Waals surface area contributed by atoms with Crippen LogP contribution in [0.25, 0.3) is 11.4 Å². The molecule has 0 saturated heterocycles. The molecule has 0 aliphatic heterocycles. The number of hydrogen-bond donors (Lipinski definition) is 2. The van der Waals surface area contributed by atoms with Crippen molar-refractivity contribution in [2.75, 3.05) is 13.7 Å².